The van der Waals surface area contributed by atoms with E-state index in [2.05, 4.69) is 20.3 Å². The minimum Gasteiger partial charge on any atom is -0.493 e. The number of benzene rings is 1. The molecule has 0 atom stereocenters. The van der Waals surface area contributed by atoms with Crippen LogP contribution < -0.4 is 19.5 Å². The molecule has 8 nitrogen and oxygen atoms in total. The Bertz CT molecular complexity index is 950. The topological polar surface area (TPSA) is 95.5 Å². The van der Waals surface area contributed by atoms with Gasteiger partial charge in [-0.1, -0.05) is 0 Å². The van der Waals surface area contributed by atoms with Gasteiger partial charge in [-0.3, -0.25) is 9.78 Å². The number of carbonyl (C=O) groups is 1. The van der Waals surface area contributed by atoms with Gasteiger partial charge in [-0.25, -0.2) is 9.97 Å². The minimum atomic E-state index is -0.336. The van der Waals surface area contributed by atoms with Gasteiger partial charge in [0.1, 0.15) is 5.52 Å². The van der Waals surface area contributed by atoms with Gasteiger partial charge in [0.2, 0.25) is 5.75 Å². The highest BCUT2D eigenvalue weighted by atomic mass is 16.5. The number of aromatic nitrogens is 3. The number of rotatable bonds is 5. The van der Waals surface area contributed by atoms with Crippen LogP contribution in [0.25, 0.3) is 11.2 Å². The Morgan fingerprint density at radius 1 is 0.962 bits per heavy atom. The van der Waals surface area contributed by atoms with Crippen molar-refractivity contribution < 1.29 is 19.0 Å². The van der Waals surface area contributed by atoms with Gasteiger partial charge in [0.25, 0.3) is 5.91 Å². The van der Waals surface area contributed by atoms with E-state index in [0.29, 0.717) is 45.4 Å². The molecule has 0 aliphatic rings. The summed E-state index contributed by atoms with van der Waals surface area (Å²) < 4.78 is 15.8. The van der Waals surface area contributed by atoms with Gasteiger partial charge < -0.3 is 19.5 Å². The van der Waals surface area contributed by atoms with E-state index in [4.69, 9.17) is 14.2 Å². The average molecular weight is 354 g/mol. The first kappa shape index (κ1) is 17.4. The lowest BCUT2D eigenvalue weighted by Crippen LogP contribution is -2.14. The number of aryl methyl sites for hydroxylation is 1. The van der Waals surface area contributed by atoms with Crippen molar-refractivity contribution in [3.05, 3.63) is 41.9 Å². The second-order valence-electron chi connectivity index (χ2n) is 5.39. The zero-order valence-electron chi connectivity index (χ0n) is 14.9. The average Bonchev–Trinajstić information content (AvgIpc) is 2.67. The maximum absolute atomic E-state index is 12.7. The Morgan fingerprint density at radius 2 is 1.62 bits per heavy atom. The van der Waals surface area contributed by atoms with Crippen LogP contribution in [-0.4, -0.2) is 42.2 Å². The fourth-order valence-corrected chi connectivity index (χ4v) is 2.52. The first-order valence-electron chi connectivity index (χ1n) is 7.77. The molecule has 134 valence electrons. The Kier molecular flexibility index (Phi) is 4.83. The van der Waals surface area contributed by atoms with E-state index in [1.54, 1.807) is 37.5 Å². The summed E-state index contributed by atoms with van der Waals surface area (Å²) >= 11 is 0. The van der Waals surface area contributed by atoms with Crippen molar-refractivity contribution >= 4 is 22.8 Å². The summed E-state index contributed by atoms with van der Waals surface area (Å²) in [6.45, 7) is 1.79. The fraction of sp³-hybridized carbons (Fsp3) is 0.222. The molecule has 2 aromatic heterocycles. The monoisotopic (exact) mass is 354 g/mol. The summed E-state index contributed by atoms with van der Waals surface area (Å²) in [4.78, 5) is 25.4. The summed E-state index contributed by atoms with van der Waals surface area (Å²) in [6.07, 6.45) is 3.15. The standard InChI is InChI=1S/C18H18N4O4/c1-10-12(9-13-17(21-10)20-6-5-19-13)22-18(23)11-7-14(24-2)16(26-4)15(8-11)25-3/h5-9H,1-4H3,(H,22,23). The van der Waals surface area contributed by atoms with Crippen LogP contribution in [0.2, 0.25) is 0 Å². The first-order valence-corrected chi connectivity index (χ1v) is 7.77. The number of nitrogens with one attached hydrogen (secondary N) is 1. The number of hydrogen-bond acceptors (Lipinski definition) is 7. The van der Waals surface area contributed by atoms with Crippen molar-refractivity contribution in [1.29, 1.82) is 0 Å². The Balaban J connectivity index is 1.96. The van der Waals surface area contributed by atoms with Gasteiger partial charge in [0.05, 0.1) is 32.7 Å². The molecule has 26 heavy (non-hydrogen) atoms. The normalized spacial score (nSPS) is 10.5. The van der Waals surface area contributed by atoms with Crippen LogP contribution in [0, 0.1) is 6.92 Å². The van der Waals surface area contributed by atoms with Crippen LogP contribution in [-0.2, 0) is 0 Å². The Labute approximate surface area is 150 Å². The van der Waals surface area contributed by atoms with Gasteiger partial charge in [0.15, 0.2) is 17.1 Å². The predicted molar refractivity (Wildman–Crippen MR) is 96.1 cm³/mol. The van der Waals surface area contributed by atoms with Crippen molar-refractivity contribution in [1.82, 2.24) is 15.0 Å². The molecule has 0 radical (unpaired) electrons. The number of amides is 1. The van der Waals surface area contributed by atoms with Crippen LogP contribution in [0.4, 0.5) is 5.69 Å². The number of ether oxygens (including phenoxy) is 3. The largest absolute Gasteiger partial charge is 0.493 e. The van der Waals surface area contributed by atoms with Crippen LogP contribution >= 0.6 is 0 Å². The highest BCUT2D eigenvalue weighted by Gasteiger charge is 2.18. The number of anilines is 1. The summed E-state index contributed by atoms with van der Waals surface area (Å²) in [5.74, 6) is 0.884. The lowest BCUT2D eigenvalue weighted by molar-refractivity contribution is 0.102. The van der Waals surface area contributed by atoms with Crippen molar-refractivity contribution in [3.8, 4) is 17.2 Å². The molecule has 0 aliphatic carbocycles. The molecule has 8 heteroatoms. The zero-order chi connectivity index (χ0) is 18.7. The Morgan fingerprint density at radius 3 is 2.23 bits per heavy atom. The number of pyridine rings is 1. The molecule has 0 saturated carbocycles. The van der Waals surface area contributed by atoms with Crippen LogP contribution in [0.3, 0.4) is 0 Å². The van der Waals surface area contributed by atoms with Crippen molar-refractivity contribution in [2.45, 2.75) is 6.92 Å². The molecule has 1 amide bonds. The minimum absolute atomic E-state index is 0.336. The molecule has 3 aromatic rings. The number of carbonyl (C=O) groups excluding carboxylic acids is 1. The first-order chi connectivity index (χ1) is 12.6. The highest BCUT2D eigenvalue weighted by molar-refractivity contribution is 6.06. The van der Waals surface area contributed by atoms with Gasteiger partial charge in [-0.15, -0.1) is 0 Å². The van der Waals surface area contributed by atoms with Crippen LogP contribution in [0.15, 0.2) is 30.6 Å². The summed E-state index contributed by atoms with van der Waals surface area (Å²) in [5.41, 5.74) is 2.67. The summed E-state index contributed by atoms with van der Waals surface area (Å²) in [6, 6.07) is 4.90. The molecule has 0 aliphatic heterocycles. The molecular formula is C18H18N4O4. The third-order valence-electron chi connectivity index (χ3n) is 3.83. The lowest BCUT2D eigenvalue weighted by atomic mass is 10.1. The van der Waals surface area contributed by atoms with Gasteiger partial charge in [0, 0.05) is 18.0 Å². The fourth-order valence-electron chi connectivity index (χ4n) is 2.52. The molecule has 1 aromatic carbocycles. The van der Waals surface area contributed by atoms with Crippen molar-refractivity contribution in [2.75, 3.05) is 26.6 Å². The van der Waals surface area contributed by atoms with E-state index < -0.39 is 0 Å². The van der Waals surface area contributed by atoms with E-state index in [1.165, 1.54) is 21.3 Å². The Hall–Kier alpha value is -3.42. The van der Waals surface area contributed by atoms with E-state index in [1.807, 2.05) is 0 Å². The van der Waals surface area contributed by atoms with E-state index >= 15 is 0 Å². The smallest absolute Gasteiger partial charge is 0.255 e. The number of hydrogen-bond donors (Lipinski definition) is 1. The number of fused-ring (bicyclic) bond motifs is 1. The van der Waals surface area contributed by atoms with E-state index in [9.17, 15) is 4.79 Å². The SMILES string of the molecule is COc1cc(C(=O)Nc2cc3nccnc3nc2C)cc(OC)c1OC. The second-order valence-corrected chi connectivity index (χ2v) is 5.39. The molecule has 1 N–H and O–H groups in total. The highest BCUT2D eigenvalue weighted by Crippen LogP contribution is 2.38. The molecule has 3 rings (SSSR count). The third-order valence-corrected chi connectivity index (χ3v) is 3.83. The van der Waals surface area contributed by atoms with Crippen LogP contribution in [0.5, 0.6) is 17.2 Å². The van der Waals surface area contributed by atoms with Gasteiger partial charge >= 0.3 is 0 Å². The van der Waals surface area contributed by atoms with Crippen molar-refractivity contribution in [2.24, 2.45) is 0 Å². The molecule has 0 spiro atoms. The van der Waals surface area contributed by atoms with Gasteiger partial charge in [-0.05, 0) is 25.1 Å². The van der Waals surface area contributed by atoms with Gasteiger partial charge in [-0.2, -0.15) is 0 Å². The van der Waals surface area contributed by atoms with E-state index in [0.717, 1.165) is 0 Å². The number of nitrogens with zero attached hydrogens (tertiary/aromatic N) is 3. The third kappa shape index (κ3) is 3.21. The molecular weight excluding hydrogens is 336 g/mol. The molecule has 0 unspecified atom stereocenters. The van der Waals surface area contributed by atoms with Crippen molar-refractivity contribution in [3.63, 3.8) is 0 Å². The lowest BCUT2D eigenvalue weighted by Gasteiger charge is -2.14. The molecule has 0 fully saturated rings. The predicted octanol–water partition coefficient (Wildman–Crippen LogP) is 2.61. The van der Waals surface area contributed by atoms with Crippen LogP contribution in [0.1, 0.15) is 16.1 Å². The molecule has 2 heterocycles. The maximum atomic E-state index is 12.7. The second kappa shape index (κ2) is 7.22. The quantitative estimate of drug-likeness (QED) is 0.752. The zero-order valence-corrected chi connectivity index (χ0v) is 14.9. The maximum Gasteiger partial charge on any atom is 0.255 e. The summed E-state index contributed by atoms with van der Waals surface area (Å²) in [7, 11) is 4.50. The molecule has 0 saturated heterocycles. The number of methoxy groups -OCH3 is 3. The molecule has 0 bridgehead atoms. The van der Waals surface area contributed by atoms with E-state index in [-0.39, 0.29) is 5.91 Å². The summed E-state index contributed by atoms with van der Waals surface area (Å²) in [5, 5.41) is 2.84.